The van der Waals surface area contributed by atoms with Crippen molar-refractivity contribution in [1.29, 1.82) is 0 Å². The van der Waals surface area contributed by atoms with E-state index in [2.05, 4.69) is 9.73 Å². The van der Waals surface area contributed by atoms with Gasteiger partial charge in [-0.2, -0.15) is 8.78 Å². The van der Waals surface area contributed by atoms with E-state index in [0.717, 1.165) is 37.0 Å². The maximum absolute atomic E-state index is 12.5. The molecule has 0 N–H and O–H groups in total. The Kier molecular flexibility index (Phi) is 4.37. The zero-order chi connectivity index (χ0) is 20.2. The average Bonchev–Trinajstić information content (AvgIpc) is 3.03. The molecule has 0 amide bonds. The molecule has 0 saturated heterocycles. The first-order valence-corrected chi connectivity index (χ1v) is 10.1. The van der Waals surface area contributed by atoms with Gasteiger partial charge in [-0.3, -0.25) is 0 Å². The smallest absolute Gasteiger partial charge is 0.387 e. The fraction of sp³-hybridized carbons (Fsp3) is 0.545. The highest BCUT2D eigenvalue weighted by molar-refractivity contribution is 6.09. The van der Waals surface area contributed by atoms with Crippen LogP contribution in [-0.2, 0) is 9.53 Å². The van der Waals surface area contributed by atoms with Crippen LogP contribution in [0.25, 0.3) is 6.08 Å². The first-order chi connectivity index (χ1) is 13.9. The SMILES string of the molecule is COc1cc(/C=C2/N=C(C34CC5CC(CC(C5)C3)C4)OC2=O)ccc1OC(F)F. The van der Waals surface area contributed by atoms with Crippen LogP contribution in [0.1, 0.15) is 44.1 Å². The summed E-state index contributed by atoms with van der Waals surface area (Å²) in [5, 5.41) is 0. The second kappa shape index (κ2) is 6.82. The molecule has 1 aliphatic heterocycles. The number of carbonyl (C=O) groups excluding carboxylic acids is 1. The maximum Gasteiger partial charge on any atom is 0.387 e. The van der Waals surface area contributed by atoms with E-state index in [9.17, 15) is 13.6 Å². The number of hydrogen-bond acceptors (Lipinski definition) is 5. The van der Waals surface area contributed by atoms with Crippen LogP contribution in [0.2, 0.25) is 0 Å². The van der Waals surface area contributed by atoms with Crippen LogP contribution >= 0.6 is 0 Å². The number of ether oxygens (including phenoxy) is 3. The Balaban J connectivity index is 1.42. The quantitative estimate of drug-likeness (QED) is 0.523. The van der Waals surface area contributed by atoms with Crippen molar-refractivity contribution < 1.29 is 27.8 Å². The lowest BCUT2D eigenvalue weighted by Crippen LogP contribution is -2.50. The molecule has 1 heterocycles. The molecule has 4 fully saturated rings. The van der Waals surface area contributed by atoms with Crippen LogP contribution in [0.15, 0.2) is 28.9 Å². The number of carbonyl (C=O) groups is 1. The monoisotopic (exact) mass is 403 g/mol. The van der Waals surface area contributed by atoms with E-state index in [-0.39, 0.29) is 22.6 Å². The molecule has 0 radical (unpaired) electrons. The number of alkyl halides is 2. The molecular formula is C22H23F2NO4. The second-order valence-corrected chi connectivity index (χ2v) is 8.82. The number of nitrogens with zero attached hydrogens (tertiary/aromatic N) is 1. The fourth-order valence-electron chi connectivity index (χ4n) is 6.13. The number of rotatable bonds is 5. The summed E-state index contributed by atoms with van der Waals surface area (Å²) >= 11 is 0. The first kappa shape index (κ1) is 18.6. The van der Waals surface area contributed by atoms with Crippen molar-refractivity contribution in [2.24, 2.45) is 28.2 Å². The molecule has 154 valence electrons. The highest BCUT2D eigenvalue weighted by atomic mass is 19.3. The number of hydrogen-bond donors (Lipinski definition) is 0. The highest BCUT2D eigenvalue weighted by Crippen LogP contribution is 2.61. The molecule has 1 aromatic carbocycles. The van der Waals surface area contributed by atoms with Gasteiger partial charge in [0.15, 0.2) is 17.2 Å². The summed E-state index contributed by atoms with van der Waals surface area (Å²) in [6.45, 7) is -2.94. The zero-order valence-electron chi connectivity index (χ0n) is 16.2. The van der Waals surface area contributed by atoms with Gasteiger partial charge in [0.25, 0.3) is 0 Å². The van der Waals surface area contributed by atoms with Crippen LogP contribution in [0.5, 0.6) is 11.5 Å². The van der Waals surface area contributed by atoms with E-state index < -0.39 is 12.6 Å². The Labute approximate surface area is 167 Å². The van der Waals surface area contributed by atoms with E-state index in [4.69, 9.17) is 9.47 Å². The summed E-state index contributed by atoms with van der Waals surface area (Å²) in [4.78, 5) is 17.1. The second-order valence-electron chi connectivity index (χ2n) is 8.82. The van der Waals surface area contributed by atoms with Crippen LogP contribution in [0.3, 0.4) is 0 Å². The van der Waals surface area contributed by atoms with Gasteiger partial charge in [0.1, 0.15) is 0 Å². The van der Waals surface area contributed by atoms with Gasteiger partial charge in [0.05, 0.1) is 7.11 Å². The normalized spacial score (nSPS) is 33.9. The van der Waals surface area contributed by atoms with Crippen LogP contribution in [0, 0.1) is 23.2 Å². The predicted octanol–water partition coefficient (Wildman–Crippen LogP) is 4.81. The molecule has 1 aromatic rings. The fourth-order valence-corrected chi connectivity index (χ4v) is 6.13. The molecule has 6 rings (SSSR count). The van der Waals surface area contributed by atoms with Crippen molar-refractivity contribution in [2.45, 2.75) is 45.1 Å². The van der Waals surface area contributed by atoms with Gasteiger partial charge in [-0.1, -0.05) is 6.07 Å². The molecule has 0 aromatic heterocycles. The van der Waals surface area contributed by atoms with Crippen molar-refractivity contribution in [3.05, 3.63) is 29.5 Å². The molecule has 0 spiro atoms. The molecule has 4 saturated carbocycles. The number of aliphatic imine (C=N–C) groups is 1. The Hall–Kier alpha value is -2.44. The lowest BCUT2D eigenvalue weighted by Gasteiger charge is -2.55. The Morgan fingerprint density at radius 3 is 2.38 bits per heavy atom. The molecule has 0 unspecified atom stereocenters. The third-order valence-corrected chi connectivity index (χ3v) is 6.82. The van der Waals surface area contributed by atoms with Gasteiger partial charge in [-0.15, -0.1) is 0 Å². The largest absolute Gasteiger partial charge is 0.493 e. The average molecular weight is 403 g/mol. The molecule has 4 bridgehead atoms. The summed E-state index contributed by atoms with van der Waals surface area (Å²) in [6.07, 6.45) is 8.69. The van der Waals surface area contributed by atoms with Gasteiger partial charge in [0, 0.05) is 5.41 Å². The van der Waals surface area contributed by atoms with Crippen molar-refractivity contribution in [3.63, 3.8) is 0 Å². The third-order valence-electron chi connectivity index (χ3n) is 6.82. The zero-order valence-corrected chi connectivity index (χ0v) is 16.2. The summed E-state index contributed by atoms with van der Waals surface area (Å²) in [5.41, 5.74) is 0.749. The minimum absolute atomic E-state index is 0.0589. The molecule has 5 nitrogen and oxygen atoms in total. The lowest BCUT2D eigenvalue weighted by atomic mass is 9.49. The van der Waals surface area contributed by atoms with E-state index >= 15 is 0 Å². The molecule has 29 heavy (non-hydrogen) atoms. The van der Waals surface area contributed by atoms with Crippen LogP contribution < -0.4 is 9.47 Å². The third kappa shape index (κ3) is 3.30. The minimum atomic E-state index is -2.94. The number of esters is 1. The predicted molar refractivity (Wildman–Crippen MR) is 102 cm³/mol. The molecule has 5 aliphatic rings. The Morgan fingerprint density at radius 2 is 1.79 bits per heavy atom. The van der Waals surface area contributed by atoms with Crippen LogP contribution in [0.4, 0.5) is 8.78 Å². The molecule has 0 atom stereocenters. The minimum Gasteiger partial charge on any atom is -0.493 e. The standard InChI is InChI=1S/C22H23F2NO4/c1-27-18-8-12(2-3-17(18)28-21(23)24)7-16-19(26)29-20(25-16)22-9-13-4-14(10-22)6-15(5-13)11-22/h2-3,7-8,13-15,21H,4-6,9-11H2,1H3/b16-7+. The van der Waals surface area contributed by atoms with Crippen molar-refractivity contribution in [2.75, 3.05) is 7.11 Å². The van der Waals surface area contributed by atoms with E-state index in [1.54, 1.807) is 12.1 Å². The van der Waals surface area contributed by atoms with E-state index in [1.165, 1.54) is 38.5 Å². The summed E-state index contributed by atoms with van der Waals surface area (Å²) in [5.74, 6) is 2.40. The van der Waals surface area contributed by atoms with E-state index in [1.807, 2.05) is 0 Å². The van der Waals surface area contributed by atoms with Gasteiger partial charge in [-0.05, 0) is 80.1 Å². The maximum atomic E-state index is 12.5. The Bertz CT molecular complexity index is 873. The van der Waals surface area contributed by atoms with Crippen molar-refractivity contribution >= 4 is 17.9 Å². The van der Waals surface area contributed by atoms with E-state index in [0.29, 0.717) is 11.5 Å². The summed E-state index contributed by atoms with van der Waals surface area (Å²) < 4.78 is 40.2. The number of halogens is 2. The first-order valence-electron chi connectivity index (χ1n) is 10.1. The number of benzene rings is 1. The Morgan fingerprint density at radius 1 is 1.14 bits per heavy atom. The topological polar surface area (TPSA) is 57.1 Å². The highest BCUT2D eigenvalue weighted by Gasteiger charge is 2.55. The summed E-state index contributed by atoms with van der Waals surface area (Å²) in [7, 11) is 1.37. The number of cyclic esters (lactones) is 1. The van der Waals surface area contributed by atoms with Crippen molar-refractivity contribution in [3.8, 4) is 11.5 Å². The van der Waals surface area contributed by atoms with Crippen LogP contribution in [-0.4, -0.2) is 25.6 Å². The van der Waals surface area contributed by atoms with Gasteiger partial charge < -0.3 is 14.2 Å². The molecule has 4 aliphatic carbocycles. The summed E-state index contributed by atoms with van der Waals surface area (Å²) in [6, 6.07) is 4.51. The molecular weight excluding hydrogens is 380 g/mol. The van der Waals surface area contributed by atoms with Gasteiger partial charge in [-0.25, -0.2) is 9.79 Å². The number of methoxy groups -OCH3 is 1. The van der Waals surface area contributed by atoms with Gasteiger partial charge in [0.2, 0.25) is 5.90 Å². The molecule has 7 heteroatoms. The lowest BCUT2D eigenvalue weighted by molar-refractivity contribution is -0.131. The van der Waals surface area contributed by atoms with Gasteiger partial charge >= 0.3 is 12.6 Å². The van der Waals surface area contributed by atoms with Crippen molar-refractivity contribution in [1.82, 2.24) is 0 Å².